The molecule has 0 N–H and O–H groups in total. The average molecular weight is 307 g/mol. The molecule has 0 saturated heterocycles. The number of benzene rings is 1. The Kier molecular flexibility index (Phi) is 6.47. The minimum Gasteiger partial charge on any atom is -0.494 e. The molecule has 0 aliphatic carbocycles. The third kappa shape index (κ3) is 5.71. The van der Waals surface area contributed by atoms with Crippen LogP contribution in [0.15, 0.2) is 34.9 Å². The van der Waals surface area contributed by atoms with Crippen LogP contribution in [0.3, 0.4) is 0 Å². The normalized spacial score (nSPS) is 10.6. The number of thioether (sulfide) groups is 1. The number of nitrogens with zero attached hydrogens (tertiary/aromatic N) is 1. The van der Waals surface area contributed by atoms with Crippen LogP contribution in [0, 0.1) is 6.92 Å². The molecule has 5 heteroatoms. The summed E-state index contributed by atoms with van der Waals surface area (Å²) in [6.45, 7) is 5.44. The van der Waals surface area contributed by atoms with Gasteiger partial charge in [-0.15, -0.1) is 0 Å². The standard InChI is InChI=1S/C16H21NO3S/c1-3-8-18-14-4-6-15(7-5-14)19-9-10-21-12-16-11-13(2)17-20-16/h4-7,11H,3,8-10,12H2,1-2H3. The Bertz CT molecular complexity index is 525. The van der Waals surface area contributed by atoms with Gasteiger partial charge < -0.3 is 14.0 Å². The minimum absolute atomic E-state index is 0.674. The summed E-state index contributed by atoms with van der Waals surface area (Å²) in [4.78, 5) is 0. The lowest BCUT2D eigenvalue weighted by Crippen LogP contribution is -2.00. The van der Waals surface area contributed by atoms with Crippen molar-refractivity contribution in [1.82, 2.24) is 5.16 Å². The Morgan fingerprint density at radius 2 is 1.76 bits per heavy atom. The molecule has 4 nitrogen and oxygen atoms in total. The average Bonchev–Trinajstić information content (AvgIpc) is 2.91. The zero-order chi connectivity index (χ0) is 14.9. The topological polar surface area (TPSA) is 44.5 Å². The van der Waals surface area contributed by atoms with Gasteiger partial charge in [0, 0.05) is 11.8 Å². The lowest BCUT2D eigenvalue weighted by molar-refractivity contribution is 0.314. The van der Waals surface area contributed by atoms with Crippen LogP contribution >= 0.6 is 11.8 Å². The summed E-state index contributed by atoms with van der Waals surface area (Å²) in [5.41, 5.74) is 0.923. The highest BCUT2D eigenvalue weighted by Gasteiger charge is 2.01. The Balaban J connectivity index is 1.62. The van der Waals surface area contributed by atoms with Crippen molar-refractivity contribution in [2.24, 2.45) is 0 Å². The van der Waals surface area contributed by atoms with Crippen LogP contribution in [0.25, 0.3) is 0 Å². The molecule has 0 aliphatic heterocycles. The molecule has 2 aromatic rings. The Labute approximate surface area is 129 Å². The van der Waals surface area contributed by atoms with Crippen molar-refractivity contribution < 1.29 is 14.0 Å². The van der Waals surface area contributed by atoms with Gasteiger partial charge >= 0.3 is 0 Å². The van der Waals surface area contributed by atoms with E-state index in [1.54, 1.807) is 11.8 Å². The molecule has 0 unspecified atom stereocenters. The molecule has 0 atom stereocenters. The van der Waals surface area contributed by atoms with Crippen LogP contribution in [-0.4, -0.2) is 24.1 Å². The third-order valence-electron chi connectivity index (χ3n) is 2.71. The van der Waals surface area contributed by atoms with Crippen molar-refractivity contribution in [2.45, 2.75) is 26.0 Å². The van der Waals surface area contributed by atoms with E-state index in [2.05, 4.69) is 12.1 Å². The first-order valence-electron chi connectivity index (χ1n) is 7.13. The third-order valence-corrected chi connectivity index (χ3v) is 3.66. The summed E-state index contributed by atoms with van der Waals surface area (Å²) in [5, 5.41) is 3.86. The molecule has 0 bridgehead atoms. The molecule has 1 aromatic heterocycles. The highest BCUT2D eigenvalue weighted by atomic mass is 32.2. The van der Waals surface area contributed by atoms with Crippen molar-refractivity contribution in [3.8, 4) is 11.5 Å². The second kappa shape index (κ2) is 8.62. The summed E-state index contributed by atoms with van der Waals surface area (Å²) < 4.78 is 16.4. The molecular weight excluding hydrogens is 286 g/mol. The van der Waals surface area contributed by atoms with Gasteiger partial charge in [0.2, 0.25) is 0 Å². The fraction of sp³-hybridized carbons (Fsp3) is 0.438. The van der Waals surface area contributed by atoms with E-state index in [0.717, 1.165) is 47.5 Å². The second-order valence-electron chi connectivity index (χ2n) is 4.66. The first-order valence-corrected chi connectivity index (χ1v) is 8.29. The molecule has 21 heavy (non-hydrogen) atoms. The predicted molar refractivity (Wildman–Crippen MR) is 85.1 cm³/mol. The Morgan fingerprint density at radius 1 is 1.10 bits per heavy atom. The molecule has 1 aromatic carbocycles. The largest absolute Gasteiger partial charge is 0.494 e. The maximum atomic E-state index is 5.69. The summed E-state index contributed by atoms with van der Waals surface area (Å²) >= 11 is 1.77. The van der Waals surface area contributed by atoms with Crippen LogP contribution < -0.4 is 9.47 Å². The first-order chi connectivity index (χ1) is 10.3. The van der Waals surface area contributed by atoms with Crippen LogP contribution in [0.4, 0.5) is 0 Å². The monoisotopic (exact) mass is 307 g/mol. The van der Waals surface area contributed by atoms with Crippen LogP contribution in [-0.2, 0) is 5.75 Å². The summed E-state index contributed by atoms with van der Waals surface area (Å²) in [7, 11) is 0. The predicted octanol–water partition coefficient (Wildman–Crippen LogP) is 4.08. The molecule has 0 spiro atoms. The summed E-state index contributed by atoms with van der Waals surface area (Å²) in [6.07, 6.45) is 1.01. The van der Waals surface area contributed by atoms with Gasteiger partial charge in [-0.05, 0) is 37.6 Å². The molecule has 0 fully saturated rings. The van der Waals surface area contributed by atoms with Gasteiger partial charge in [-0.2, -0.15) is 11.8 Å². The number of rotatable bonds is 9. The molecular formula is C16H21NO3S. The molecule has 114 valence electrons. The lowest BCUT2D eigenvalue weighted by Gasteiger charge is -2.07. The van der Waals surface area contributed by atoms with E-state index in [1.807, 2.05) is 37.3 Å². The number of hydrogen-bond acceptors (Lipinski definition) is 5. The molecule has 0 aliphatic rings. The maximum Gasteiger partial charge on any atom is 0.146 e. The maximum absolute atomic E-state index is 5.69. The number of hydrogen-bond donors (Lipinski definition) is 0. The van der Waals surface area contributed by atoms with Crippen LogP contribution in [0.2, 0.25) is 0 Å². The molecule has 0 saturated carbocycles. The highest BCUT2D eigenvalue weighted by Crippen LogP contribution is 2.18. The smallest absolute Gasteiger partial charge is 0.146 e. The fourth-order valence-corrected chi connectivity index (χ4v) is 2.41. The van der Waals surface area contributed by atoms with E-state index < -0.39 is 0 Å². The number of aromatic nitrogens is 1. The van der Waals surface area contributed by atoms with E-state index in [0.29, 0.717) is 6.61 Å². The number of aryl methyl sites for hydroxylation is 1. The highest BCUT2D eigenvalue weighted by molar-refractivity contribution is 7.98. The van der Waals surface area contributed by atoms with Crippen molar-refractivity contribution in [1.29, 1.82) is 0 Å². The van der Waals surface area contributed by atoms with Crippen molar-refractivity contribution in [3.05, 3.63) is 41.8 Å². The van der Waals surface area contributed by atoms with E-state index in [1.165, 1.54) is 0 Å². The van der Waals surface area contributed by atoms with Gasteiger partial charge in [0.05, 0.1) is 24.7 Å². The van der Waals surface area contributed by atoms with Gasteiger partial charge in [0.1, 0.15) is 17.3 Å². The van der Waals surface area contributed by atoms with Crippen molar-refractivity contribution in [3.63, 3.8) is 0 Å². The zero-order valence-corrected chi connectivity index (χ0v) is 13.3. The number of ether oxygens (including phenoxy) is 2. The summed E-state index contributed by atoms with van der Waals surface area (Å²) in [6, 6.07) is 9.72. The molecule has 1 heterocycles. The van der Waals surface area contributed by atoms with E-state index in [-0.39, 0.29) is 0 Å². The minimum atomic E-state index is 0.674. The van der Waals surface area contributed by atoms with Gasteiger partial charge in [-0.1, -0.05) is 12.1 Å². The van der Waals surface area contributed by atoms with E-state index in [4.69, 9.17) is 14.0 Å². The molecule has 0 radical (unpaired) electrons. The molecule has 0 amide bonds. The van der Waals surface area contributed by atoms with Crippen molar-refractivity contribution in [2.75, 3.05) is 19.0 Å². The van der Waals surface area contributed by atoms with Crippen LogP contribution in [0.1, 0.15) is 24.8 Å². The second-order valence-corrected chi connectivity index (χ2v) is 5.76. The lowest BCUT2D eigenvalue weighted by atomic mass is 10.3. The van der Waals surface area contributed by atoms with E-state index >= 15 is 0 Å². The van der Waals surface area contributed by atoms with Crippen molar-refractivity contribution >= 4 is 11.8 Å². The van der Waals surface area contributed by atoms with Gasteiger partial charge in [0.25, 0.3) is 0 Å². The van der Waals surface area contributed by atoms with Crippen LogP contribution in [0.5, 0.6) is 11.5 Å². The Hall–Kier alpha value is -1.62. The first kappa shape index (κ1) is 15.8. The van der Waals surface area contributed by atoms with Gasteiger partial charge in [-0.3, -0.25) is 0 Å². The van der Waals surface area contributed by atoms with Gasteiger partial charge in [0.15, 0.2) is 0 Å². The summed E-state index contributed by atoms with van der Waals surface area (Å²) in [5.74, 6) is 4.41. The quantitative estimate of drug-likeness (QED) is 0.653. The fourth-order valence-electron chi connectivity index (χ4n) is 1.73. The zero-order valence-electron chi connectivity index (χ0n) is 12.5. The SMILES string of the molecule is CCCOc1ccc(OCCSCc2cc(C)no2)cc1. The van der Waals surface area contributed by atoms with Gasteiger partial charge in [-0.25, -0.2) is 0 Å². The molecule has 2 rings (SSSR count). The van der Waals surface area contributed by atoms with E-state index in [9.17, 15) is 0 Å². The Morgan fingerprint density at radius 3 is 2.33 bits per heavy atom.